The summed E-state index contributed by atoms with van der Waals surface area (Å²) in [6.07, 6.45) is 1.73. The molecule has 0 saturated heterocycles. The first kappa shape index (κ1) is 17.9. The van der Waals surface area contributed by atoms with Crippen LogP contribution >= 0.6 is 15.9 Å². The highest BCUT2D eigenvalue weighted by Gasteiger charge is 2.15. The zero-order valence-corrected chi connectivity index (χ0v) is 14.3. The van der Waals surface area contributed by atoms with E-state index in [0.717, 1.165) is 0 Å². The zero-order valence-electron chi connectivity index (χ0n) is 11.9. The van der Waals surface area contributed by atoms with Gasteiger partial charge in [0.2, 0.25) is 10.0 Å². The fourth-order valence-corrected chi connectivity index (χ4v) is 3.12. The minimum atomic E-state index is -3.20. The lowest BCUT2D eigenvalue weighted by atomic mass is 10.2. The van der Waals surface area contributed by atoms with E-state index in [1.165, 1.54) is 16.6 Å². The first-order valence-corrected chi connectivity index (χ1v) is 9.02. The van der Waals surface area contributed by atoms with Gasteiger partial charge in [-0.15, -0.1) is 0 Å². The van der Waals surface area contributed by atoms with Gasteiger partial charge in [0.15, 0.2) is 0 Å². The van der Waals surface area contributed by atoms with Gasteiger partial charge in [-0.05, 0) is 18.6 Å². The number of sulfonamides is 1. The van der Waals surface area contributed by atoms with Crippen molar-refractivity contribution in [3.63, 3.8) is 0 Å². The number of halogens is 1. The maximum Gasteiger partial charge on any atom is 0.293 e. The third-order valence-corrected chi connectivity index (χ3v) is 4.75. The topological polar surface area (TPSA) is 92.5 Å². The Kier molecular flexibility index (Phi) is 6.56. The van der Waals surface area contributed by atoms with Crippen molar-refractivity contribution in [3.05, 3.63) is 32.8 Å². The first-order chi connectivity index (χ1) is 9.75. The summed E-state index contributed by atoms with van der Waals surface area (Å²) < 4.78 is 24.8. The fraction of sp³-hybridized carbons (Fsp3) is 0.500. The molecule has 0 aromatic heterocycles. The Morgan fingerprint density at radius 2 is 2.10 bits per heavy atom. The first-order valence-electron chi connectivity index (χ1n) is 6.38. The highest BCUT2D eigenvalue weighted by atomic mass is 79.9. The molecule has 0 amide bonds. The lowest BCUT2D eigenvalue weighted by molar-refractivity contribution is -0.384. The van der Waals surface area contributed by atoms with E-state index < -0.39 is 14.9 Å². The Labute approximate surface area is 132 Å². The largest absolute Gasteiger partial charge is 0.379 e. The molecular weight excluding hydrogens is 362 g/mol. The average molecular weight is 380 g/mol. The predicted molar refractivity (Wildman–Crippen MR) is 86.0 cm³/mol. The Bertz CT molecular complexity index is 607. The summed E-state index contributed by atoms with van der Waals surface area (Å²) in [6.45, 7) is 3.02. The summed E-state index contributed by atoms with van der Waals surface area (Å²) in [5, 5.41) is 13.9. The molecule has 0 atom stereocenters. The molecular formula is C12H18BrN3O4S. The van der Waals surface area contributed by atoms with Crippen molar-refractivity contribution in [2.45, 2.75) is 13.3 Å². The molecule has 118 valence electrons. The molecule has 0 spiro atoms. The number of nitro groups is 1. The van der Waals surface area contributed by atoms with Crippen molar-refractivity contribution in [3.8, 4) is 0 Å². The molecule has 0 fully saturated rings. The number of benzene rings is 1. The molecule has 0 unspecified atom stereocenters. The minimum absolute atomic E-state index is 0.0140. The molecule has 0 heterocycles. The van der Waals surface area contributed by atoms with E-state index in [1.54, 1.807) is 19.1 Å². The summed E-state index contributed by atoms with van der Waals surface area (Å²) in [6, 6.07) is 4.76. The van der Waals surface area contributed by atoms with Crippen LogP contribution in [0.2, 0.25) is 0 Å². The molecule has 9 heteroatoms. The molecule has 1 N–H and O–H groups in total. The lowest BCUT2D eigenvalue weighted by Crippen LogP contribution is -2.31. The third kappa shape index (κ3) is 5.60. The van der Waals surface area contributed by atoms with Gasteiger partial charge in [-0.1, -0.05) is 22.9 Å². The standard InChI is InChI=1S/C12H18BrN3O4S/c1-3-15(21(2,19)20)8-4-7-14-11-6-5-10(13)9-12(11)16(17)18/h5-6,9,14H,3-4,7-8H2,1-2H3. The van der Waals surface area contributed by atoms with Gasteiger partial charge in [-0.25, -0.2) is 12.7 Å². The van der Waals surface area contributed by atoms with Gasteiger partial charge in [-0.2, -0.15) is 0 Å². The van der Waals surface area contributed by atoms with Gasteiger partial charge in [0.05, 0.1) is 11.2 Å². The SMILES string of the molecule is CCN(CCCNc1ccc(Br)cc1[N+](=O)[O-])S(C)(=O)=O. The Hall–Kier alpha value is -1.19. The predicted octanol–water partition coefficient (Wildman–Crippen LogP) is 2.44. The average Bonchev–Trinajstić information content (AvgIpc) is 2.38. The van der Waals surface area contributed by atoms with Crippen molar-refractivity contribution in [2.75, 3.05) is 31.2 Å². The van der Waals surface area contributed by atoms with Crippen LogP contribution in [-0.4, -0.2) is 43.5 Å². The molecule has 0 saturated carbocycles. The van der Waals surface area contributed by atoms with E-state index in [0.29, 0.717) is 36.2 Å². The second kappa shape index (κ2) is 7.71. The van der Waals surface area contributed by atoms with Gasteiger partial charge in [0.25, 0.3) is 5.69 Å². The quantitative estimate of drug-likeness (QED) is 0.425. The fourth-order valence-electron chi connectivity index (χ4n) is 1.84. The van der Waals surface area contributed by atoms with Crippen molar-refractivity contribution < 1.29 is 13.3 Å². The van der Waals surface area contributed by atoms with Crippen LogP contribution in [0.5, 0.6) is 0 Å². The normalized spacial score (nSPS) is 11.6. The highest BCUT2D eigenvalue weighted by Crippen LogP contribution is 2.27. The number of rotatable bonds is 8. The maximum absolute atomic E-state index is 11.4. The van der Waals surface area contributed by atoms with Crippen LogP contribution < -0.4 is 5.32 Å². The monoisotopic (exact) mass is 379 g/mol. The summed E-state index contributed by atoms with van der Waals surface area (Å²) in [4.78, 5) is 10.5. The van der Waals surface area contributed by atoms with Crippen LogP contribution in [0.3, 0.4) is 0 Å². The molecule has 0 aliphatic carbocycles. The van der Waals surface area contributed by atoms with Crippen molar-refractivity contribution in [1.82, 2.24) is 4.31 Å². The van der Waals surface area contributed by atoms with E-state index in [9.17, 15) is 18.5 Å². The second-order valence-electron chi connectivity index (χ2n) is 4.45. The zero-order chi connectivity index (χ0) is 16.0. The van der Waals surface area contributed by atoms with Gasteiger partial charge in [0.1, 0.15) is 5.69 Å². The van der Waals surface area contributed by atoms with E-state index in [2.05, 4.69) is 21.2 Å². The van der Waals surface area contributed by atoms with Gasteiger partial charge >= 0.3 is 0 Å². The van der Waals surface area contributed by atoms with Crippen molar-refractivity contribution in [2.24, 2.45) is 0 Å². The number of nitro benzene ring substituents is 1. The number of nitrogens with zero attached hydrogens (tertiary/aromatic N) is 2. The molecule has 0 radical (unpaired) electrons. The van der Waals surface area contributed by atoms with Crippen molar-refractivity contribution in [1.29, 1.82) is 0 Å². The van der Waals surface area contributed by atoms with E-state index >= 15 is 0 Å². The summed E-state index contributed by atoms with van der Waals surface area (Å²) in [5.41, 5.74) is 0.408. The molecule has 0 aliphatic heterocycles. The summed E-state index contributed by atoms with van der Waals surface area (Å²) in [5.74, 6) is 0. The number of hydrogen-bond donors (Lipinski definition) is 1. The minimum Gasteiger partial charge on any atom is -0.379 e. The Morgan fingerprint density at radius 3 is 2.62 bits per heavy atom. The number of hydrogen-bond acceptors (Lipinski definition) is 5. The summed E-state index contributed by atoms with van der Waals surface area (Å²) >= 11 is 3.19. The van der Waals surface area contributed by atoms with Crippen LogP contribution in [0.1, 0.15) is 13.3 Å². The Morgan fingerprint density at radius 1 is 1.43 bits per heavy atom. The highest BCUT2D eigenvalue weighted by molar-refractivity contribution is 9.10. The van der Waals surface area contributed by atoms with Gasteiger partial charge < -0.3 is 5.32 Å². The van der Waals surface area contributed by atoms with E-state index in [4.69, 9.17) is 0 Å². The van der Waals surface area contributed by atoms with Gasteiger partial charge in [0, 0.05) is 30.2 Å². The molecule has 21 heavy (non-hydrogen) atoms. The van der Waals surface area contributed by atoms with Crippen LogP contribution in [-0.2, 0) is 10.0 Å². The molecule has 1 rings (SSSR count). The Balaban J connectivity index is 2.59. The molecule has 0 bridgehead atoms. The molecule has 1 aromatic rings. The van der Waals surface area contributed by atoms with Crippen molar-refractivity contribution >= 4 is 37.3 Å². The van der Waals surface area contributed by atoms with Crippen LogP contribution in [0, 0.1) is 10.1 Å². The second-order valence-corrected chi connectivity index (χ2v) is 7.35. The van der Waals surface area contributed by atoms with E-state index in [-0.39, 0.29) is 5.69 Å². The van der Waals surface area contributed by atoms with Crippen LogP contribution in [0.4, 0.5) is 11.4 Å². The van der Waals surface area contributed by atoms with E-state index in [1.807, 2.05) is 0 Å². The molecule has 0 aliphatic rings. The number of nitrogens with one attached hydrogen (secondary N) is 1. The number of anilines is 1. The lowest BCUT2D eigenvalue weighted by Gasteiger charge is -2.17. The van der Waals surface area contributed by atoms with Crippen LogP contribution in [0.15, 0.2) is 22.7 Å². The molecule has 1 aromatic carbocycles. The maximum atomic E-state index is 11.4. The third-order valence-electron chi connectivity index (χ3n) is 2.88. The smallest absolute Gasteiger partial charge is 0.293 e. The summed E-state index contributed by atoms with van der Waals surface area (Å²) in [7, 11) is -3.20. The molecule has 7 nitrogen and oxygen atoms in total. The van der Waals surface area contributed by atoms with Gasteiger partial charge in [-0.3, -0.25) is 10.1 Å². The van der Waals surface area contributed by atoms with Crippen LogP contribution in [0.25, 0.3) is 0 Å².